The Balaban J connectivity index is 1.32. The van der Waals surface area contributed by atoms with E-state index in [-0.39, 0.29) is 11.0 Å². The van der Waals surface area contributed by atoms with Gasteiger partial charge in [0, 0.05) is 36.6 Å². The predicted octanol–water partition coefficient (Wildman–Crippen LogP) is 3.32. The minimum atomic E-state index is -0.0459. The molecular formula is C21H30N4O2. The highest BCUT2D eigenvalue weighted by atomic mass is 16.5. The fourth-order valence-electron chi connectivity index (χ4n) is 3.74. The van der Waals surface area contributed by atoms with Gasteiger partial charge in [-0.15, -0.1) is 0 Å². The summed E-state index contributed by atoms with van der Waals surface area (Å²) in [4.78, 5) is 14.6. The van der Waals surface area contributed by atoms with E-state index >= 15 is 0 Å². The minimum Gasteiger partial charge on any atom is -0.361 e. The van der Waals surface area contributed by atoms with Gasteiger partial charge in [-0.3, -0.25) is 9.69 Å². The molecule has 3 heterocycles. The highest BCUT2D eigenvalue weighted by Crippen LogP contribution is 2.40. The minimum absolute atomic E-state index is 0.000585. The Hall–Kier alpha value is -1.95. The molecule has 2 aromatic rings. The van der Waals surface area contributed by atoms with Crippen LogP contribution in [0.1, 0.15) is 69.5 Å². The second-order valence-electron chi connectivity index (χ2n) is 9.20. The quantitative estimate of drug-likeness (QED) is 0.808. The van der Waals surface area contributed by atoms with E-state index in [4.69, 9.17) is 4.52 Å². The number of hydrogen-bond acceptors (Lipinski definition) is 5. The van der Waals surface area contributed by atoms with E-state index in [2.05, 4.69) is 42.0 Å². The zero-order chi connectivity index (χ0) is 19.0. The van der Waals surface area contributed by atoms with Gasteiger partial charge in [0.25, 0.3) is 5.56 Å². The molecule has 4 rings (SSSR count). The number of nitrogens with zero attached hydrogens (tertiary/aromatic N) is 4. The second kappa shape index (κ2) is 7.23. The summed E-state index contributed by atoms with van der Waals surface area (Å²) in [6.07, 6.45) is 4.65. The summed E-state index contributed by atoms with van der Waals surface area (Å²) in [7, 11) is 0. The van der Waals surface area contributed by atoms with Gasteiger partial charge in [0.2, 0.25) is 0 Å². The lowest BCUT2D eigenvalue weighted by Gasteiger charge is -2.31. The number of likely N-dealkylation sites (tertiary alicyclic amines) is 1. The van der Waals surface area contributed by atoms with Crippen LogP contribution < -0.4 is 5.56 Å². The van der Waals surface area contributed by atoms with Gasteiger partial charge in [0.05, 0.1) is 11.4 Å². The van der Waals surface area contributed by atoms with Crippen LogP contribution in [0.15, 0.2) is 27.5 Å². The zero-order valence-corrected chi connectivity index (χ0v) is 16.6. The second-order valence-corrected chi connectivity index (χ2v) is 9.20. The first-order valence-electron chi connectivity index (χ1n) is 10.1. The first kappa shape index (κ1) is 18.4. The van der Waals surface area contributed by atoms with Crippen LogP contribution in [0.2, 0.25) is 0 Å². The molecule has 0 spiro atoms. The van der Waals surface area contributed by atoms with Crippen LogP contribution in [-0.2, 0) is 18.5 Å². The van der Waals surface area contributed by atoms with Crippen LogP contribution in [0.25, 0.3) is 0 Å². The van der Waals surface area contributed by atoms with Crippen molar-refractivity contribution in [1.29, 1.82) is 0 Å². The van der Waals surface area contributed by atoms with Crippen molar-refractivity contribution in [2.75, 3.05) is 13.1 Å². The number of rotatable bonds is 5. The third-order valence-electron chi connectivity index (χ3n) is 5.72. The van der Waals surface area contributed by atoms with Crippen LogP contribution in [0.3, 0.4) is 0 Å². The predicted molar refractivity (Wildman–Crippen MR) is 104 cm³/mol. The summed E-state index contributed by atoms with van der Waals surface area (Å²) in [6, 6.07) is 5.64. The molecule has 1 aliphatic heterocycles. The maximum Gasteiger partial charge on any atom is 0.266 e. The summed E-state index contributed by atoms with van der Waals surface area (Å²) < 4.78 is 7.13. The maximum atomic E-state index is 12.2. The molecule has 1 saturated carbocycles. The summed E-state index contributed by atoms with van der Waals surface area (Å²) in [5.41, 5.74) is 1.97. The van der Waals surface area contributed by atoms with Crippen LogP contribution in [0, 0.1) is 5.92 Å². The molecule has 0 unspecified atom stereocenters. The van der Waals surface area contributed by atoms with Crippen molar-refractivity contribution in [3.63, 3.8) is 0 Å². The van der Waals surface area contributed by atoms with Gasteiger partial charge < -0.3 is 4.52 Å². The molecule has 0 radical (unpaired) electrons. The molecule has 2 fully saturated rings. The molecule has 0 bridgehead atoms. The Morgan fingerprint density at radius 1 is 1.15 bits per heavy atom. The molecule has 27 heavy (non-hydrogen) atoms. The fraction of sp³-hybridized carbons (Fsp3) is 0.667. The van der Waals surface area contributed by atoms with Crippen molar-refractivity contribution in [2.24, 2.45) is 5.92 Å². The average Bonchev–Trinajstić information content (AvgIpc) is 3.37. The van der Waals surface area contributed by atoms with Crippen LogP contribution in [0.5, 0.6) is 0 Å². The van der Waals surface area contributed by atoms with Crippen molar-refractivity contribution < 1.29 is 4.52 Å². The lowest BCUT2D eigenvalue weighted by atomic mass is 9.92. The van der Waals surface area contributed by atoms with Gasteiger partial charge in [-0.1, -0.05) is 25.9 Å². The maximum absolute atomic E-state index is 12.2. The van der Waals surface area contributed by atoms with Gasteiger partial charge in [-0.25, -0.2) is 4.68 Å². The van der Waals surface area contributed by atoms with Crippen molar-refractivity contribution >= 4 is 0 Å². The summed E-state index contributed by atoms with van der Waals surface area (Å²) >= 11 is 0. The molecule has 1 aliphatic carbocycles. The van der Waals surface area contributed by atoms with E-state index in [0.717, 1.165) is 49.6 Å². The van der Waals surface area contributed by atoms with E-state index in [0.29, 0.717) is 18.4 Å². The van der Waals surface area contributed by atoms with E-state index < -0.39 is 0 Å². The molecule has 0 atom stereocenters. The van der Waals surface area contributed by atoms with Gasteiger partial charge in [-0.2, -0.15) is 5.10 Å². The van der Waals surface area contributed by atoms with Crippen molar-refractivity contribution in [3.8, 4) is 0 Å². The van der Waals surface area contributed by atoms with Crippen molar-refractivity contribution in [1.82, 2.24) is 19.8 Å². The van der Waals surface area contributed by atoms with Crippen molar-refractivity contribution in [2.45, 2.75) is 70.9 Å². The largest absolute Gasteiger partial charge is 0.361 e. The molecule has 146 valence electrons. The molecule has 6 nitrogen and oxygen atoms in total. The molecule has 2 aliphatic rings. The van der Waals surface area contributed by atoms with Gasteiger partial charge in [0.1, 0.15) is 5.76 Å². The zero-order valence-electron chi connectivity index (χ0n) is 16.6. The Bertz CT molecular complexity index is 836. The Labute approximate surface area is 160 Å². The number of piperidine rings is 1. The summed E-state index contributed by atoms with van der Waals surface area (Å²) in [5, 5.41) is 8.85. The Morgan fingerprint density at radius 3 is 2.56 bits per heavy atom. The Kier molecular flexibility index (Phi) is 4.93. The lowest BCUT2D eigenvalue weighted by Crippen LogP contribution is -2.37. The molecule has 6 heteroatoms. The molecule has 1 saturated heterocycles. The normalized spacial score (nSPS) is 19.5. The van der Waals surface area contributed by atoms with E-state index in [9.17, 15) is 4.79 Å². The highest BCUT2D eigenvalue weighted by molar-refractivity contribution is 5.14. The highest BCUT2D eigenvalue weighted by Gasteiger charge is 2.28. The standard InChI is InChI=1S/C21H30N4O2/c1-21(2,3)19-6-7-20(26)25(22-19)13-15-8-10-24(11-9-15)14-17-12-18(27-23-17)16-4-5-16/h6-7,12,15-16H,4-5,8-11,13-14H2,1-3H3. The fourth-order valence-corrected chi connectivity index (χ4v) is 3.74. The summed E-state index contributed by atoms with van der Waals surface area (Å²) in [5.74, 6) is 2.18. The number of hydrogen-bond donors (Lipinski definition) is 0. The smallest absolute Gasteiger partial charge is 0.266 e. The van der Waals surface area contributed by atoms with Gasteiger partial charge in [0.15, 0.2) is 0 Å². The first-order chi connectivity index (χ1) is 12.9. The SMILES string of the molecule is CC(C)(C)c1ccc(=O)n(CC2CCN(Cc3cc(C4CC4)on3)CC2)n1. The monoisotopic (exact) mass is 370 g/mol. The number of aromatic nitrogens is 3. The first-order valence-corrected chi connectivity index (χ1v) is 10.1. The van der Waals surface area contributed by atoms with E-state index in [1.165, 1.54) is 12.8 Å². The van der Waals surface area contributed by atoms with Gasteiger partial charge in [-0.05, 0) is 50.8 Å². The van der Waals surface area contributed by atoms with Gasteiger partial charge >= 0.3 is 0 Å². The summed E-state index contributed by atoms with van der Waals surface area (Å²) in [6.45, 7) is 10.0. The van der Waals surface area contributed by atoms with Crippen LogP contribution in [0.4, 0.5) is 0 Å². The van der Waals surface area contributed by atoms with Crippen LogP contribution in [-0.4, -0.2) is 32.9 Å². The molecular weight excluding hydrogens is 340 g/mol. The average molecular weight is 370 g/mol. The third kappa shape index (κ3) is 4.49. The van der Waals surface area contributed by atoms with E-state index in [1.54, 1.807) is 10.7 Å². The van der Waals surface area contributed by atoms with Crippen molar-refractivity contribution in [3.05, 3.63) is 45.7 Å². The molecule has 2 aromatic heterocycles. The van der Waals surface area contributed by atoms with Crippen LogP contribution >= 0.6 is 0 Å². The third-order valence-corrected chi connectivity index (χ3v) is 5.72. The molecule has 0 aromatic carbocycles. The topological polar surface area (TPSA) is 64.2 Å². The lowest BCUT2D eigenvalue weighted by molar-refractivity contribution is 0.160. The Morgan fingerprint density at radius 2 is 1.89 bits per heavy atom. The van der Waals surface area contributed by atoms with E-state index in [1.807, 2.05) is 6.07 Å². The molecule has 0 N–H and O–H groups in total. The molecule has 0 amide bonds.